The molecule has 0 aromatic heterocycles. The molecule has 2 aliphatic heterocycles. The summed E-state index contributed by atoms with van der Waals surface area (Å²) in [5.74, 6) is -1.79. The fourth-order valence-electron chi connectivity index (χ4n) is 3.97. The standard InChI is InChI=1S/C21H22O10/c22-7-14-17(26)19(28)20(29)21(31-14)16-11(25)6-13-15(18(16)27)10(24)5-12(30-13)8-1-3-9(23)4-2-8/h1-4,6,12,14,17,19-23,25-29H,5,7H2/t12?,14-,17-,19+,20-,21+/m1/s1. The normalized spacial score (nSPS) is 30.5. The maximum Gasteiger partial charge on any atom is 0.174 e. The van der Waals surface area contributed by atoms with E-state index in [0.717, 1.165) is 6.07 Å². The number of fused-ring (bicyclic) bond motifs is 1. The van der Waals surface area contributed by atoms with E-state index in [0.29, 0.717) is 5.56 Å². The summed E-state index contributed by atoms with van der Waals surface area (Å²) in [5.41, 5.74) is 0.0178. The predicted octanol–water partition coefficient (Wildman–Crippen LogP) is 0.0248. The third-order valence-corrected chi connectivity index (χ3v) is 5.64. The van der Waals surface area contributed by atoms with Gasteiger partial charge in [0.2, 0.25) is 0 Å². The molecule has 10 nitrogen and oxygen atoms in total. The van der Waals surface area contributed by atoms with Crippen molar-refractivity contribution in [3.8, 4) is 23.0 Å². The number of ketones is 1. The highest BCUT2D eigenvalue weighted by atomic mass is 16.5. The zero-order chi connectivity index (χ0) is 22.4. The molecule has 2 aromatic rings. The first kappa shape index (κ1) is 21.3. The number of Topliss-reactive ketones (excluding diaryl/α,β-unsaturated/α-hetero) is 1. The monoisotopic (exact) mass is 434 g/mol. The molecule has 2 aromatic carbocycles. The Morgan fingerprint density at radius 2 is 1.65 bits per heavy atom. The zero-order valence-electron chi connectivity index (χ0n) is 16.1. The number of aliphatic hydroxyl groups excluding tert-OH is 4. The van der Waals surface area contributed by atoms with Gasteiger partial charge in [0.25, 0.3) is 0 Å². The van der Waals surface area contributed by atoms with E-state index >= 15 is 0 Å². The van der Waals surface area contributed by atoms with E-state index in [4.69, 9.17) is 9.47 Å². The number of phenolic OH excluding ortho intramolecular Hbond substituents is 3. The molecule has 2 heterocycles. The average molecular weight is 434 g/mol. The van der Waals surface area contributed by atoms with Gasteiger partial charge in [0, 0.05) is 6.07 Å². The van der Waals surface area contributed by atoms with E-state index in [-0.39, 0.29) is 29.0 Å². The molecule has 2 aliphatic rings. The molecule has 1 unspecified atom stereocenters. The molecule has 166 valence electrons. The number of hydrogen-bond acceptors (Lipinski definition) is 10. The fourth-order valence-corrected chi connectivity index (χ4v) is 3.97. The number of ether oxygens (including phenoxy) is 2. The van der Waals surface area contributed by atoms with Crippen molar-refractivity contribution < 1.29 is 50.0 Å². The highest BCUT2D eigenvalue weighted by molar-refractivity contribution is 6.03. The summed E-state index contributed by atoms with van der Waals surface area (Å²) < 4.78 is 11.2. The third kappa shape index (κ3) is 3.58. The molecular formula is C21H22O10. The van der Waals surface area contributed by atoms with Gasteiger partial charge in [-0.25, -0.2) is 0 Å². The first-order valence-corrected chi connectivity index (χ1v) is 9.61. The molecule has 4 rings (SSSR count). The highest BCUT2D eigenvalue weighted by Crippen LogP contribution is 2.49. The minimum atomic E-state index is -1.75. The van der Waals surface area contributed by atoms with E-state index in [2.05, 4.69) is 0 Å². The summed E-state index contributed by atoms with van der Waals surface area (Å²) in [6.07, 6.45) is -8.72. The van der Waals surface area contributed by atoms with Gasteiger partial charge in [0.15, 0.2) is 5.78 Å². The Bertz CT molecular complexity index is 987. The van der Waals surface area contributed by atoms with Crippen molar-refractivity contribution in [2.24, 2.45) is 0 Å². The summed E-state index contributed by atoms with van der Waals surface area (Å²) in [7, 11) is 0. The van der Waals surface area contributed by atoms with E-state index in [1.165, 1.54) is 12.1 Å². The minimum Gasteiger partial charge on any atom is -0.508 e. The predicted molar refractivity (Wildman–Crippen MR) is 103 cm³/mol. The lowest BCUT2D eigenvalue weighted by molar-refractivity contribution is -0.232. The number of carbonyl (C=O) groups excluding carboxylic acids is 1. The van der Waals surface area contributed by atoms with Gasteiger partial charge in [-0.05, 0) is 17.7 Å². The molecule has 0 aliphatic carbocycles. The van der Waals surface area contributed by atoms with Crippen LogP contribution in [0.15, 0.2) is 30.3 Å². The van der Waals surface area contributed by atoms with Crippen LogP contribution in [0.1, 0.15) is 40.1 Å². The lowest BCUT2D eigenvalue weighted by atomic mass is 9.87. The van der Waals surface area contributed by atoms with Crippen molar-refractivity contribution in [1.82, 2.24) is 0 Å². The van der Waals surface area contributed by atoms with Gasteiger partial charge in [0.1, 0.15) is 65.2 Å². The van der Waals surface area contributed by atoms with Crippen molar-refractivity contribution in [1.29, 1.82) is 0 Å². The maximum atomic E-state index is 12.8. The molecular weight excluding hydrogens is 412 g/mol. The molecule has 0 radical (unpaired) electrons. The summed E-state index contributed by atoms with van der Waals surface area (Å²) in [5, 5.41) is 70.4. The Hall–Kier alpha value is -2.89. The second-order valence-corrected chi connectivity index (χ2v) is 7.61. The molecule has 10 heteroatoms. The zero-order valence-corrected chi connectivity index (χ0v) is 16.1. The van der Waals surface area contributed by atoms with Crippen molar-refractivity contribution in [3.05, 3.63) is 47.0 Å². The van der Waals surface area contributed by atoms with Crippen molar-refractivity contribution >= 4 is 5.78 Å². The van der Waals surface area contributed by atoms with E-state index in [1.54, 1.807) is 12.1 Å². The van der Waals surface area contributed by atoms with Crippen LogP contribution in [-0.2, 0) is 4.74 Å². The van der Waals surface area contributed by atoms with E-state index in [1.807, 2.05) is 0 Å². The quantitative estimate of drug-likeness (QED) is 0.348. The van der Waals surface area contributed by atoms with Crippen LogP contribution in [0.4, 0.5) is 0 Å². The van der Waals surface area contributed by atoms with Gasteiger partial charge < -0.3 is 45.2 Å². The SMILES string of the molecule is O=C1CC(c2ccc(O)cc2)Oc2cc(O)c([C@@H]3O[C@H](CO)[C@@H](O)[C@H](O)[C@H]3O)c(O)c21. The number of phenols is 3. The minimum absolute atomic E-state index is 0.0470. The molecule has 6 atom stereocenters. The number of benzene rings is 2. The van der Waals surface area contributed by atoms with Gasteiger partial charge in [-0.3, -0.25) is 4.79 Å². The largest absolute Gasteiger partial charge is 0.508 e. The van der Waals surface area contributed by atoms with Crippen molar-refractivity contribution in [2.45, 2.75) is 43.0 Å². The molecule has 0 bridgehead atoms. The fraction of sp³-hybridized carbons (Fsp3) is 0.381. The summed E-state index contributed by atoms with van der Waals surface area (Å²) in [6, 6.07) is 7.14. The van der Waals surface area contributed by atoms with Crippen molar-refractivity contribution in [2.75, 3.05) is 6.61 Å². The Morgan fingerprint density at radius 3 is 2.29 bits per heavy atom. The Balaban J connectivity index is 1.72. The van der Waals surface area contributed by atoms with Crippen LogP contribution in [0, 0.1) is 0 Å². The summed E-state index contributed by atoms with van der Waals surface area (Å²) in [4.78, 5) is 12.8. The third-order valence-electron chi connectivity index (χ3n) is 5.64. The molecule has 0 saturated carbocycles. The smallest absolute Gasteiger partial charge is 0.174 e. The lowest BCUT2D eigenvalue weighted by Crippen LogP contribution is -2.55. The van der Waals surface area contributed by atoms with Gasteiger partial charge in [-0.2, -0.15) is 0 Å². The highest BCUT2D eigenvalue weighted by Gasteiger charge is 2.47. The molecule has 1 saturated heterocycles. The van der Waals surface area contributed by atoms with Gasteiger partial charge in [0.05, 0.1) is 18.6 Å². The summed E-state index contributed by atoms with van der Waals surface area (Å²) in [6.45, 7) is -0.690. The van der Waals surface area contributed by atoms with Gasteiger partial charge in [-0.1, -0.05) is 12.1 Å². The van der Waals surface area contributed by atoms with E-state index < -0.39 is 60.5 Å². The number of hydrogen-bond donors (Lipinski definition) is 7. The second-order valence-electron chi connectivity index (χ2n) is 7.61. The summed E-state index contributed by atoms with van der Waals surface area (Å²) >= 11 is 0. The molecule has 31 heavy (non-hydrogen) atoms. The number of aliphatic hydroxyl groups is 4. The Morgan fingerprint density at radius 1 is 0.968 bits per heavy atom. The second kappa shape index (κ2) is 7.98. The molecule has 0 spiro atoms. The number of aromatic hydroxyl groups is 3. The lowest BCUT2D eigenvalue weighted by Gasteiger charge is -2.40. The van der Waals surface area contributed by atoms with Gasteiger partial charge >= 0.3 is 0 Å². The number of carbonyl (C=O) groups is 1. The van der Waals surface area contributed by atoms with Crippen LogP contribution in [0.2, 0.25) is 0 Å². The van der Waals surface area contributed by atoms with Crippen LogP contribution >= 0.6 is 0 Å². The van der Waals surface area contributed by atoms with Crippen LogP contribution in [0.5, 0.6) is 23.0 Å². The van der Waals surface area contributed by atoms with Crippen LogP contribution in [0.3, 0.4) is 0 Å². The van der Waals surface area contributed by atoms with Crippen molar-refractivity contribution in [3.63, 3.8) is 0 Å². The first-order chi connectivity index (χ1) is 14.7. The molecule has 0 amide bonds. The number of rotatable bonds is 3. The first-order valence-electron chi connectivity index (χ1n) is 9.61. The van der Waals surface area contributed by atoms with Crippen LogP contribution in [0.25, 0.3) is 0 Å². The topological polar surface area (TPSA) is 177 Å². The molecule has 1 fully saturated rings. The molecule has 7 N–H and O–H groups in total. The van der Waals surface area contributed by atoms with Crippen LogP contribution in [-0.4, -0.2) is 72.6 Å². The van der Waals surface area contributed by atoms with E-state index in [9.17, 15) is 40.5 Å². The Labute approximate surface area is 176 Å². The average Bonchev–Trinajstić information content (AvgIpc) is 2.73. The Kier molecular flexibility index (Phi) is 5.50. The van der Waals surface area contributed by atoms with Gasteiger partial charge in [-0.15, -0.1) is 0 Å². The maximum absolute atomic E-state index is 12.8. The van der Waals surface area contributed by atoms with Crippen LogP contribution < -0.4 is 4.74 Å².